The van der Waals surface area contributed by atoms with Crippen LogP contribution >= 0.6 is 0 Å². The molecule has 0 aromatic heterocycles. The molecule has 4 nitrogen and oxygen atoms in total. The number of nitrogens with one attached hydrogen (secondary N) is 1. The number of para-hydroxylation sites is 1. The van der Waals surface area contributed by atoms with Gasteiger partial charge in [-0.1, -0.05) is 32.0 Å². The molecule has 0 spiro atoms. The van der Waals surface area contributed by atoms with Crippen molar-refractivity contribution in [3.8, 4) is 11.5 Å². The summed E-state index contributed by atoms with van der Waals surface area (Å²) in [6.07, 6.45) is 0. The maximum absolute atomic E-state index is 12.7. The Bertz CT molecular complexity index is 686. The van der Waals surface area contributed by atoms with E-state index in [1.807, 2.05) is 25.1 Å². The molecule has 1 amide bonds. The van der Waals surface area contributed by atoms with Crippen LogP contribution in [0.25, 0.3) is 0 Å². The molecule has 1 N–H and O–H groups in total. The molecule has 4 heteroatoms. The van der Waals surface area contributed by atoms with E-state index in [1.165, 1.54) is 0 Å². The van der Waals surface area contributed by atoms with E-state index in [1.54, 1.807) is 32.4 Å². The zero-order valence-electron chi connectivity index (χ0n) is 14.3. The van der Waals surface area contributed by atoms with E-state index in [2.05, 4.69) is 19.2 Å². The Labute approximate surface area is 137 Å². The highest BCUT2D eigenvalue weighted by molar-refractivity contribution is 6.05. The van der Waals surface area contributed by atoms with Crippen molar-refractivity contribution in [3.63, 3.8) is 0 Å². The summed E-state index contributed by atoms with van der Waals surface area (Å²) in [5, 5.41) is 3.03. The Kier molecular flexibility index (Phi) is 5.27. The van der Waals surface area contributed by atoms with Gasteiger partial charge in [-0.05, 0) is 36.1 Å². The van der Waals surface area contributed by atoms with E-state index >= 15 is 0 Å². The number of anilines is 1. The van der Waals surface area contributed by atoms with Crippen LogP contribution in [0.1, 0.15) is 41.3 Å². The standard InChI is InChI=1S/C19H23NO3/c1-12(2)17-8-6-7-13(3)18(17)20-19(21)14-9-15(22-4)11-16(10-14)23-5/h6-12H,1-5H3,(H,20,21). The van der Waals surface area contributed by atoms with Crippen LogP contribution < -0.4 is 14.8 Å². The normalized spacial score (nSPS) is 10.5. The first-order valence-corrected chi connectivity index (χ1v) is 7.60. The predicted octanol–water partition coefficient (Wildman–Crippen LogP) is 4.39. The molecule has 0 aliphatic carbocycles. The molecule has 0 aliphatic rings. The first-order valence-electron chi connectivity index (χ1n) is 7.60. The van der Waals surface area contributed by atoms with E-state index in [0.29, 0.717) is 23.0 Å². The summed E-state index contributed by atoms with van der Waals surface area (Å²) in [5.74, 6) is 1.31. The van der Waals surface area contributed by atoms with E-state index in [-0.39, 0.29) is 5.91 Å². The van der Waals surface area contributed by atoms with E-state index in [4.69, 9.17) is 9.47 Å². The largest absolute Gasteiger partial charge is 0.497 e. The maximum atomic E-state index is 12.7. The third-order valence-electron chi connectivity index (χ3n) is 3.78. The quantitative estimate of drug-likeness (QED) is 0.890. The Hall–Kier alpha value is -2.49. The number of benzene rings is 2. The second kappa shape index (κ2) is 7.18. The Balaban J connectivity index is 2.37. The number of carbonyl (C=O) groups excluding carboxylic acids is 1. The summed E-state index contributed by atoms with van der Waals surface area (Å²) in [6.45, 7) is 6.21. The van der Waals surface area contributed by atoms with Gasteiger partial charge in [-0.2, -0.15) is 0 Å². The van der Waals surface area contributed by atoms with Crippen LogP contribution in [0.3, 0.4) is 0 Å². The van der Waals surface area contributed by atoms with Gasteiger partial charge in [0.1, 0.15) is 11.5 Å². The highest BCUT2D eigenvalue weighted by Crippen LogP contribution is 2.29. The van der Waals surface area contributed by atoms with Crippen LogP contribution in [0.4, 0.5) is 5.69 Å². The van der Waals surface area contributed by atoms with Crippen LogP contribution in [0, 0.1) is 6.92 Å². The lowest BCUT2D eigenvalue weighted by Crippen LogP contribution is -2.15. The van der Waals surface area contributed by atoms with Gasteiger partial charge in [0.2, 0.25) is 0 Å². The van der Waals surface area contributed by atoms with Gasteiger partial charge in [-0.3, -0.25) is 4.79 Å². The second-order valence-corrected chi connectivity index (χ2v) is 5.75. The molecular weight excluding hydrogens is 290 g/mol. The van der Waals surface area contributed by atoms with Crippen molar-refractivity contribution in [2.75, 3.05) is 19.5 Å². The van der Waals surface area contributed by atoms with Crippen LogP contribution in [0.5, 0.6) is 11.5 Å². The number of hydrogen-bond acceptors (Lipinski definition) is 3. The number of rotatable bonds is 5. The molecule has 23 heavy (non-hydrogen) atoms. The molecule has 0 saturated carbocycles. The van der Waals surface area contributed by atoms with Gasteiger partial charge in [-0.25, -0.2) is 0 Å². The fraction of sp³-hybridized carbons (Fsp3) is 0.316. The highest BCUT2D eigenvalue weighted by atomic mass is 16.5. The lowest BCUT2D eigenvalue weighted by molar-refractivity contribution is 0.102. The van der Waals surface area contributed by atoms with Crippen molar-refractivity contribution in [2.24, 2.45) is 0 Å². The van der Waals surface area contributed by atoms with Gasteiger partial charge >= 0.3 is 0 Å². The minimum absolute atomic E-state index is 0.182. The van der Waals surface area contributed by atoms with Gasteiger partial charge in [0.25, 0.3) is 5.91 Å². The average Bonchev–Trinajstić information content (AvgIpc) is 2.55. The SMILES string of the molecule is COc1cc(OC)cc(C(=O)Nc2c(C)cccc2C(C)C)c1. The smallest absolute Gasteiger partial charge is 0.255 e. The van der Waals surface area contributed by atoms with Gasteiger partial charge < -0.3 is 14.8 Å². The van der Waals surface area contributed by atoms with E-state index in [9.17, 15) is 4.79 Å². The molecule has 2 rings (SSSR count). The average molecular weight is 313 g/mol. The molecular formula is C19H23NO3. The molecule has 0 radical (unpaired) electrons. The van der Waals surface area contributed by atoms with Crippen molar-refractivity contribution >= 4 is 11.6 Å². The number of ether oxygens (including phenoxy) is 2. The molecule has 0 saturated heterocycles. The molecule has 0 atom stereocenters. The molecule has 2 aromatic rings. The Morgan fingerprint density at radius 2 is 1.65 bits per heavy atom. The van der Waals surface area contributed by atoms with Crippen LogP contribution in [-0.2, 0) is 0 Å². The summed E-state index contributed by atoms with van der Waals surface area (Å²) < 4.78 is 10.4. The second-order valence-electron chi connectivity index (χ2n) is 5.75. The van der Waals surface area contributed by atoms with Crippen molar-refractivity contribution in [2.45, 2.75) is 26.7 Å². The molecule has 2 aromatic carbocycles. The molecule has 0 bridgehead atoms. The lowest BCUT2D eigenvalue weighted by Gasteiger charge is -2.17. The zero-order valence-corrected chi connectivity index (χ0v) is 14.3. The van der Waals surface area contributed by atoms with Crippen molar-refractivity contribution < 1.29 is 14.3 Å². The van der Waals surface area contributed by atoms with Crippen LogP contribution in [0.2, 0.25) is 0 Å². The first kappa shape index (κ1) is 16.9. The molecule has 122 valence electrons. The zero-order chi connectivity index (χ0) is 17.0. The van der Waals surface area contributed by atoms with E-state index < -0.39 is 0 Å². The summed E-state index contributed by atoms with van der Waals surface area (Å²) >= 11 is 0. The van der Waals surface area contributed by atoms with Gasteiger partial charge in [0.15, 0.2) is 0 Å². The Morgan fingerprint density at radius 3 is 2.17 bits per heavy atom. The first-order chi connectivity index (χ1) is 11.0. The number of methoxy groups -OCH3 is 2. The monoisotopic (exact) mass is 313 g/mol. The summed E-state index contributed by atoms with van der Waals surface area (Å²) in [4.78, 5) is 12.7. The van der Waals surface area contributed by atoms with Crippen molar-refractivity contribution in [1.82, 2.24) is 0 Å². The van der Waals surface area contributed by atoms with Gasteiger partial charge in [0.05, 0.1) is 14.2 Å². The number of carbonyl (C=O) groups is 1. The van der Waals surface area contributed by atoms with Crippen LogP contribution in [0.15, 0.2) is 36.4 Å². The maximum Gasteiger partial charge on any atom is 0.255 e. The summed E-state index contributed by atoms with van der Waals surface area (Å²) in [7, 11) is 3.13. The van der Waals surface area contributed by atoms with E-state index in [0.717, 1.165) is 16.8 Å². The third-order valence-corrected chi connectivity index (χ3v) is 3.78. The highest BCUT2D eigenvalue weighted by Gasteiger charge is 2.15. The molecule has 0 aliphatic heterocycles. The molecule has 0 unspecified atom stereocenters. The third kappa shape index (κ3) is 3.83. The van der Waals surface area contributed by atoms with Gasteiger partial charge in [0, 0.05) is 17.3 Å². The molecule has 0 heterocycles. The fourth-order valence-electron chi connectivity index (χ4n) is 2.47. The fourth-order valence-corrected chi connectivity index (χ4v) is 2.47. The van der Waals surface area contributed by atoms with Crippen LogP contribution in [-0.4, -0.2) is 20.1 Å². The summed E-state index contributed by atoms with van der Waals surface area (Å²) in [6, 6.07) is 11.2. The topological polar surface area (TPSA) is 47.6 Å². The van der Waals surface area contributed by atoms with Crippen molar-refractivity contribution in [3.05, 3.63) is 53.1 Å². The number of aryl methyl sites for hydroxylation is 1. The number of hydrogen-bond donors (Lipinski definition) is 1. The number of amides is 1. The minimum Gasteiger partial charge on any atom is -0.497 e. The minimum atomic E-state index is -0.182. The summed E-state index contributed by atoms with van der Waals surface area (Å²) in [5.41, 5.74) is 3.53. The van der Waals surface area contributed by atoms with Crippen molar-refractivity contribution in [1.29, 1.82) is 0 Å². The predicted molar refractivity (Wildman–Crippen MR) is 92.8 cm³/mol. The van der Waals surface area contributed by atoms with Gasteiger partial charge in [-0.15, -0.1) is 0 Å². The lowest BCUT2D eigenvalue weighted by atomic mass is 9.98. The molecule has 0 fully saturated rings. The Morgan fingerprint density at radius 1 is 1.04 bits per heavy atom.